The number of methoxy groups -OCH3 is 1. The molecule has 0 spiro atoms. The summed E-state index contributed by atoms with van der Waals surface area (Å²) < 4.78 is 15.9. The highest BCUT2D eigenvalue weighted by molar-refractivity contribution is 5.72. The van der Waals surface area contributed by atoms with Crippen LogP contribution in [0.25, 0.3) is 0 Å². The van der Waals surface area contributed by atoms with Gasteiger partial charge in [0.2, 0.25) is 0 Å². The second kappa shape index (κ2) is 6.05. The van der Waals surface area contributed by atoms with E-state index >= 15 is 0 Å². The number of carbonyl (C=O) groups is 2. The van der Waals surface area contributed by atoms with Gasteiger partial charge in [0.05, 0.1) is 6.10 Å². The second-order valence-electron chi connectivity index (χ2n) is 4.76. The van der Waals surface area contributed by atoms with Crippen LogP contribution in [-0.2, 0) is 20.7 Å². The number of ether oxygens (including phenoxy) is 3. The first-order chi connectivity index (χ1) is 9.52. The molecule has 0 amide bonds. The van der Waals surface area contributed by atoms with Crippen LogP contribution in [-0.4, -0.2) is 19.0 Å². The predicted octanol–water partition coefficient (Wildman–Crippen LogP) is 2.56. The minimum atomic E-state index is -0.382. The van der Waals surface area contributed by atoms with E-state index in [2.05, 4.69) is 0 Å². The summed E-state index contributed by atoms with van der Waals surface area (Å²) in [5.74, 6) is 0.250. The third-order valence-electron chi connectivity index (χ3n) is 3.28. The molecule has 5 nitrogen and oxygen atoms in total. The average Bonchev–Trinajstić information content (AvgIpc) is 2.39. The highest BCUT2D eigenvalue weighted by Crippen LogP contribution is 2.42. The number of esters is 2. The molecule has 5 heteroatoms. The van der Waals surface area contributed by atoms with Crippen molar-refractivity contribution >= 4 is 11.9 Å². The molecule has 1 aromatic rings. The zero-order valence-corrected chi connectivity index (χ0v) is 11.9. The number of rotatable bonds is 3. The lowest BCUT2D eigenvalue weighted by atomic mass is 9.88. The average molecular weight is 278 g/mol. The van der Waals surface area contributed by atoms with Gasteiger partial charge in [-0.1, -0.05) is 0 Å². The van der Waals surface area contributed by atoms with Crippen LogP contribution < -0.4 is 9.47 Å². The second-order valence-corrected chi connectivity index (χ2v) is 4.76. The van der Waals surface area contributed by atoms with Gasteiger partial charge < -0.3 is 14.2 Å². The van der Waals surface area contributed by atoms with Gasteiger partial charge in [-0.2, -0.15) is 0 Å². The number of hydrogen-bond acceptors (Lipinski definition) is 5. The SMILES string of the molecule is COC1CCCc2c(OC(C)=O)ccc(OC(C)=O)c21. The summed E-state index contributed by atoms with van der Waals surface area (Å²) in [5, 5.41) is 0. The van der Waals surface area contributed by atoms with E-state index in [1.807, 2.05) is 0 Å². The van der Waals surface area contributed by atoms with E-state index in [0.29, 0.717) is 11.5 Å². The van der Waals surface area contributed by atoms with E-state index in [4.69, 9.17) is 14.2 Å². The zero-order chi connectivity index (χ0) is 14.7. The van der Waals surface area contributed by atoms with Crippen LogP contribution in [0.4, 0.5) is 0 Å². The highest BCUT2D eigenvalue weighted by atomic mass is 16.5. The van der Waals surface area contributed by atoms with Gasteiger partial charge in [-0.05, 0) is 31.4 Å². The maximum Gasteiger partial charge on any atom is 0.308 e. The normalized spacial score (nSPS) is 17.2. The Hall–Kier alpha value is -1.88. The van der Waals surface area contributed by atoms with Gasteiger partial charge in [-0.15, -0.1) is 0 Å². The van der Waals surface area contributed by atoms with E-state index in [9.17, 15) is 9.59 Å². The highest BCUT2D eigenvalue weighted by Gasteiger charge is 2.28. The molecule has 1 atom stereocenters. The van der Waals surface area contributed by atoms with E-state index in [0.717, 1.165) is 30.4 Å². The molecule has 0 N–H and O–H groups in total. The van der Waals surface area contributed by atoms with Crippen LogP contribution in [0.15, 0.2) is 12.1 Å². The molecule has 0 aliphatic heterocycles. The van der Waals surface area contributed by atoms with E-state index in [-0.39, 0.29) is 18.0 Å². The summed E-state index contributed by atoms with van der Waals surface area (Å²) in [6, 6.07) is 3.31. The lowest BCUT2D eigenvalue weighted by Gasteiger charge is -2.27. The quantitative estimate of drug-likeness (QED) is 0.628. The largest absolute Gasteiger partial charge is 0.426 e. The van der Waals surface area contributed by atoms with Crippen molar-refractivity contribution in [1.82, 2.24) is 0 Å². The maximum atomic E-state index is 11.2. The molecule has 2 rings (SSSR count). The standard InChI is InChI=1S/C15H18O5/c1-9(16)19-12-7-8-14(20-10(2)17)15-11(12)5-4-6-13(15)18-3/h7-8,13H,4-6H2,1-3H3. The van der Waals surface area contributed by atoms with Crippen molar-refractivity contribution in [3.05, 3.63) is 23.3 Å². The summed E-state index contributed by atoms with van der Waals surface area (Å²) in [4.78, 5) is 22.4. The van der Waals surface area contributed by atoms with Crippen molar-refractivity contribution in [1.29, 1.82) is 0 Å². The smallest absolute Gasteiger partial charge is 0.308 e. The number of benzene rings is 1. The Morgan fingerprint density at radius 2 is 1.70 bits per heavy atom. The van der Waals surface area contributed by atoms with Crippen molar-refractivity contribution < 1.29 is 23.8 Å². The number of hydrogen-bond donors (Lipinski definition) is 0. The summed E-state index contributed by atoms with van der Waals surface area (Å²) in [5.41, 5.74) is 1.70. The fraction of sp³-hybridized carbons (Fsp3) is 0.467. The van der Waals surface area contributed by atoms with Crippen LogP contribution in [0.3, 0.4) is 0 Å². The third kappa shape index (κ3) is 2.99. The van der Waals surface area contributed by atoms with Crippen LogP contribution in [0.1, 0.15) is 43.9 Å². The maximum absolute atomic E-state index is 11.2. The Morgan fingerprint density at radius 1 is 1.10 bits per heavy atom. The van der Waals surface area contributed by atoms with Gasteiger partial charge in [0.1, 0.15) is 11.5 Å². The minimum Gasteiger partial charge on any atom is -0.426 e. The van der Waals surface area contributed by atoms with E-state index < -0.39 is 0 Å². The van der Waals surface area contributed by atoms with E-state index in [1.54, 1.807) is 19.2 Å². The molecule has 0 fully saturated rings. The van der Waals surface area contributed by atoms with Gasteiger partial charge in [0, 0.05) is 32.1 Å². The summed E-state index contributed by atoms with van der Waals surface area (Å²) >= 11 is 0. The number of carbonyl (C=O) groups excluding carboxylic acids is 2. The Morgan fingerprint density at radius 3 is 2.30 bits per heavy atom. The van der Waals surface area contributed by atoms with Crippen LogP contribution in [0, 0.1) is 0 Å². The third-order valence-corrected chi connectivity index (χ3v) is 3.28. The van der Waals surface area contributed by atoms with Crippen LogP contribution in [0.5, 0.6) is 11.5 Å². The first-order valence-corrected chi connectivity index (χ1v) is 6.58. The minimum absolute atomic E-state index is 0.149. The molecule has 0 saturated carbocycles. The van der Waals surface area contributed by atoms with Crippen LogP contribution >= 0.6 is 0 Å². The van der Waals surface area contributed by atoms with Crippen molar-refractivity contribution in [3.63, 3.8) is 0 Å². The van der Waals surface area contributed by atoms with Gasteiger partial charge in [-0.3, -0.25) is 9.59 Å². The van der Waals surface area contributed by atoms with Gasteiger partial charge >= 0.3 is 11.9 Å². The molecule has 0 bridgehead atoms. The molecule has 108 valence electrons. The molecule has 0 saturated heterocycles. The molecule has 1 aliphatic rings. The molecule has 1 aromatic carbocycles. The summed E-state index contributed by atoms with van der Waals surface area (Å²) in [6.45, 7) is 2.72. The first-order valence-electron chi connectivity index (χ1n) is 6.58. The Bertz CT molecular complexity index is 535. The number of fused-ring (bicyclic) bond motifs is 1. The molecule has 0 radical (unpaired) electrons. The van der Waals surface area contributed by atoms with E-state index in [1.165, 1.54) is 13.8 Å². The zero-order valence-electron chi connectivity index (χ0n) is 11.9. The van der Waals surface area contributed by atoms with Gasteiger partial charge in [0.15, 0.2) is 0 Å². The lowest BCUT2D eigenvalue weighted by Crippen LogP contribution is -2.17. The first kappa shape index (κ1) is 14.5. The molecule has 0 aromatic heterocycles. The Balaban J connectivity index is 2.51. The summed E-state index contributed by atoms with van der Waals surface area (Å²) in [6.07, 6.45) is 2.40. The molecular formula is C15H18O5. The van der Waals surface area contributed by atoms with Crippen molar-refractivity contribution in [2.24, 2.45) is 0 Å². The Labute approximate surface area is 117 Å². The Kier molecular flexibility index (Phi) is 4.39. The topological polar surface area (TPSA) is 61.8 Å². The fourth-order valence-corrected chi connectivity index (χ4v) is 2.57. The molecule has 1 aliphatic carbocycles. The molecule has 20 heavy (non-hydrogen) atoms. The monoisotopic (exact) mass is 278 g/mol. The fourth-order valence-electron chi connectivity index (χ4n) is 2.57. The summed E-state index contributed by atoms with van der Waals surface area (Å²) in [7, 11) is 1.62. The van der Waals surface area contributed by atoms with Crippen LogP contribution in [0.2, 0.25) is 0 Å². The van der Waals surface area contributed by atoms with Crippen molar-refractivity contribution in [3.8, 4) is 11.5 Å². The van der Waals surface area contributed by atoms with Gasteiger partial charge in [0.25, 0.3) is 0 Å². The molecular weight excluding hydrogens is 260 g/mol. The van der Waals surface area contributed by atoms with Gasteiger partial charge in [-0.25, -0.2) is 0 Å². The molecule has 0 heterocycles. The lowest BCUT2D eigenvalue weighted by molar-refractivity contribution is -0.133. The molecule has 1 unspecified atom stereocenters. The van der Waals surface area contributed by atoms with Crippen molar-refractivity contribution in [2.45, 2.75) is 39.2 Å². The predicted molar refractivity (Wildman–Crippen MR) is 71.7 cm³/mol. The van der Waals surface area contributed by atoms with Crippen molar-refractivity contribution in [2.75, 3.05) is 7.11 Å².